The molecule has 1 aromatic carbocycles. The van der Waals surface area contributed by atoms with Crippen LogP contribution in [0.3, 0.4) is 0 Å². The van der Waals surface area contributed by atoms with Gasteiger partial charge in [0.05, 0.1) is 12.2 Å². The largest absolute Gasteiger partial charge is 0.372 e. The number of benzene rings is 1. The Kier molecular flexibility index (Phi) is 5.31. The second-order valence-corrected chi connectivity index (χ2v) is 8.08. The fourth-order valence-corrected chi connectivity index (χ4v) is 4.83. The number of nitrogens with zero attached hydrogens (tertiary/aromatic N) is 4. The zero-order chi connectivity index (χ0) is 20.5. The molecule has 8 nitrogen and oxygen atoms in total. The lowest BCUT2D eigenvalue weighted by atomic mass is 10.1. The third-order valence-electron chi connectivity index (χ3n) is 5.29. The number of anilines is 2. The number of aromatic amines is 1. The Bertz CT molecular complexity index is 1120. The molecule has 0 saturated heterocycles. The van der Waals surface area contributed by atoms with Crippen molar-refractivity contribution < 1.29 is 4.79 Å². The van der Waals surface area contributed by atoms with Crippen LogP contribution in [0.5, 0.6) is 0 Å². The molecular weight excluding hydrogens is 388 g/mol. The van der Waals surface area contributed by atoms with Crippen molar-refractivity contribution in [3.63, 3.8) is 0 Å². The number of nitrogens with one attached hydrogen (secondary N) is 2. The van der Waals surface area contributed by atoms with E-state index in [0.717, 1.165) is 30.0 Å². The highest BCUT2D eigenvalue weighted by molar-refractivity contribution is 7.99. The summed E-state index contributed by atoms with van der Waals surface area (Å²) in [4.78, 5) is 32.2. The number of H-pyrrole nitrogens is 1. The number of thioether (sulfide) groups is 1. The van der Waals surface area contributed by atoms with E-state index >= 15 is 0 Å². The second kappa shape index (κ2) is 7.90. The fraction of sp³-hybridized carbons (Fsp3) is 0.400. The van der Waals surface area contributed by atoms with Crippen LogP contribution in [-0.4, -0.2) is 44.5 Å². The first-order valence-corrected chi connectivity index (χ1v) is 10.7. The molecule has 0 aliphatic carbocycles. The standard InChI is InChI=1S/C20H24N6O2S/c1-4-25(5-2)13-6-7-16(12(3)8-13)22-17(27)9-14-11-29-20-23-18-15(10-21-24-18)19(28)26(14)20/h6-8,10,14H,4-5,9,11H2,1-3H3,(H,21,24)(H,22,27). The highest BCUT2D eigenvalue weighted by Gasteiger charge is 2.29. The van der Waals surface area contributed by atoms with Gasteiger partial charge in [-0.2, -0.15) is 5.10 Å². The molecule has 2 N–H and O–H groups in total. The fourth-order valence-electron chi connectivity index (χ4n) is 3.70. The minimum atomic E-state index is -0.218. The molecular formula is C20H24N6O2S. The molecule has 1 amide bonds. The highest BCUT2D eigenvalue weighted by Crippen LogP contribution is 2.33. The number of hydrogen-bond donors (Lipinski definition) is 2. The average molecular weight is 413 g/mol. The SMILES string of the molecule is CCN(CC)c1ccc(NC(=O)CC2CSc3nc4[nH]ncc4c(=O)n32)c(C)c1. The average Bonchev–Trinajstić information content (AvgIpc) is 3.33. The third-order valence-corrected chi connectivity index (χ3v) is 6.38. The number of hydrogen-bond acceptors (Lipinski definition) is 6. The Morgan fingerprint density at radius 3 is 2.90 bits per heavy atom. The van der Waals surface area contributed by atoms with E-state index in [1.807, 2.05) is 19.1 Å². The van der Waals surface area contributed by atoms with Gasteiger partial charge in [0, 0.05) is 36.6 Å². The number of carbonyl (C=O) groups excluding carboxylic acids is 1. The van der Waals surface area contributed by atoms with Gasteiger partial charge in [-0.1, -0.05) is 11.8 Å². The zero-order valence-electron chi connectivity index (χ0n) is 16.7. The van der Waals surface area contributed by atoms with E-state index in [9.17, 15) is 9.59 Å². The number of fused-ring (bicyclic) bond motifs is 2. The van der Waals surface area contributed by atoms with Crippen LogP contribution >= 0.6 is 11.8 Å². The molecule has 0 spiro atoms. The van der Waals surface area contributed by atoms with Gasteiger partial charge >= 0.3 is 0 Å². The first-order valence-electron chi connectivity index (χ1n) is 9.75. The number of rotatable bonds is 6. The number of aryl methyl sites for hydroxylation is 1. The maximum Gasteiger partial charge on any atom is 0.265 e. The lowest BCUT2D eigenvalue weighted by Gasteiger charge is -2.22. The van der Waals surface area contributed by atoms with E-state index in [2.05, 4.69) is 45.3 Å². The van der Waals surface area contributed by atoms with Crippen LogP contribution in [0.2, 0.25) is 0 Å². The quantitative estimate of drug-likeness (QED) is 0.605. The zero-order valence-corrected chi connectivity index (χ0v) is 17.5. The molecule has 2 aromatic heterocycles. The van der Waals surface area contributed by atoms with E-state index in [1.54, 1.807) is 4.57 Å². The van der Waals surface area contributed by atoms with Crippen molar-refractivity contribution in [1.29, 1.82) is 0 Å². The van der Waals surface area contributed by atoms with Crippen molar-refractivity contribution in [2.45, 2.75) is 38.4 Å². The van der Waals surface area contributed by atoms with Gasteiger partial charge in [0.15, 0.2) is 10.8 Å². The second-order valence-electron chi connectivity index (χ2n) is 7.09. The summed E-state index contributed by atoms with van der Waals surface area (Å²) in [5.41, 5.74) is 3.30. The summed E-state index contributed by atoms with van der Waals surface area (Å²) in [7, 11) is 0. The van der Waals surface area contributed by atoms with Crippen molar-refractivity contribution in [1.82, 2.24) is 19.7 Å². The molecule has 152 valence electrons. The Balaban J connectivity index is 1.50. The van der Waals surface area contributed by atoms with Gasteiger partial charge < -0.3 is 10.2 Å². The third kappa shape index (κ3) is 3.62. The molecule has 4 rings (SSSR count). The summed E-state index contributed by atoms with van der Waals surface area (Å²) in [5.74, 6) is 0.539. The predicted octanol–water partition coefficient (Wildman–Crippen LogP) is 2.95. The summed E-state index contributed by atoms with van der Waals surface area (Å²) in [6.07, 6.45) is 1.71. The lowest BCUT2D eigenvalue weighted by Crippen LogP contribution is -2.27. The molecule has 0 fully saturated rings. The Hall–Kier alpha value is -2.81. The summed E-state index contributed by atoms with van der Waals surface area (Å²) in [5, 5.41) is 10.7. The molecule has 1 unspecified atom stereocenters. The molecule has 0 radical (unpaired) electrons. The summed E-state index contributed by atoms with van der Waals surface area (Å²) in [6.45, 7) is 8.12. The van der Waals surface area contributed by atoms with Crippen LogP contribution in [0.25, 0.3) is 11.0 Å². The number of carbonyl (C=O) groups is 1. The highest BCUT2D eigenvalue weighted by atomic mass is 32.2. The molecule has 1 aliphatic heterocycles. The van der Waals surface area contributed by atoms with Crippen LogP contribution in [0, 0.1) is 6.92 Å². The molecule has 29 heavy (non-hydrogen) atoms. The van der Waals surface area contributed by atoms with Gasteiger partial charge in [0.2, 0.25) is 5.91 Å². The maximum absolute atomic E-state index is 12.8. The minimum Gasteiger partial charge on any atom is -0.372 e. The minimum absolute atomic E-state index is 0.110. The van der Waals surface area contributed by atoms with Gasteiger partial charge in [-0.25, -0.2) is 4.98 Å². The van der Waals surface area contributed by atoms with Crippen LogP contribution in [0.15, 0.2) is 34.3 Å². The summed E-state index contributed by atoms with van der Waals surface area (Å²) in [6, 6.07) is 5.85. The molecule has 0 saturated carbocycles. The van der Waals surface area contributed by atoms with Crippen molar-refractivity contribution >= 4 is 40.1 Å². The van der Waals surface area contributed by atoms with E-state index in [0.29, 0.717) is 21.9 Å². The van der Waals surface area contributed by atoms with Crippen molar-refractivity contribution in [2.24, 2.45) is 0 Å². The van der Waals surface area contributed by atoms with Crippen LogP contribution in [-0.2, 0) is 4.79 Å². The van der Waals surface area contributed by atoms with E-state index in [4.69, 9.17) is 0 Å². The Morgan fingerprint density at radius 2 is 2.17 bits per heavy atom. The monoisotopic (exact) mass is 412 g/mol. The number of aromatic nitrogens is 4. The van der Waals surface area contributed by atoms with Crippen molar-refractivity contribution in [2.75, 3.05) is 29.1 Å². The van der Waals surface area contributed by atoms with Gasteiger partial charge in [-0.15, -0.1) is 0 Å². The molecule has 9 heteroatoms. The molecule has 3 aromatic rings. The molecule has 1 atom stereocenters. The molecule has 0 bridgehead atoms. The van der Waals surface area contributed by atoms with Crippen molar-refractivity contribution in [3.8, 4) is 0 Å². The first-order chi connectivity index (χ1) is 14.0. The predicted molar refractivity (Wildman–Crippen MR) is 116 cm³/mol. The van der Waals surface area contributed by atoms with E-state index < -0.39 is 0 Å². The van der Waals surface area contributed by atoms with E-state index in [-0.39, 0.29) is 23.9 Å². The van der Waals surface area contributed by atoms with Crippen LogP contribution in [0.4, 0.5) is 11.4 Å². The maximum atomic E-state index is 12.8. The van der Waals surface area contributed by atoms with E-state index in [1.165, 1.54) is 18.0 Å². The van der Waals surface area contributed by atoms with Gasteiger partial charge in [-0.3, -0.25) is 19.3 Å². The molecule has 3 heterocycles. The van der Waals surface area contributed by atoms with Gasteiger partial charge in [-0.05, 0) is 44.5 Å². The normalized spacial score (nSPS) is 15.5. The molecule has 1 aliphatic rings. The Morgan fingerprint density at radius 1 is 1.38 bits per heavy atom. The smallest absolute Gasteiger partial charge is 0.265 e. The topological polar surface area (TPSA) is 95.9 Å². The number of amides is 1. The summed E-state index contributed by atoms with van der Waals surface area (Å²) >= 11 is 1.49. The van der Waals surface area contributed by atoms with Gasteiger partial charge in [0.1, 0.15) is 5.39 Å². The van der Waals surface area contributed by atoms with Gasteiger partial charge in [0.25, 0.3) is 5.56 Å². The first kappa shape index (κ1) is 19.5. The van der Waals surface area contributed by atoms with Crippen molar-refractivity contribution in [3.05, 3.63) is 40.3 Å². The lowest BCUT2D eigenvalue weighted by molar-refractivity contribution is -0.116. The Labute approximate surface area is 172 Å². The van der Waals surface area contributed by atoms with Crippen LogP contribution in [0.1, 0.15) is 31.9 Å². The summed E-state index contributed by atoms with van der Waals surface area (Å²) < 4.78 is 1.62. The van der Waals surface area contributed by atoms with Crippen LogP contribution < -0.4 is 15.8 Å².